The van der Waals surface area contributed by atoms with Crippen molar-refractivity contribution in [2.45, 2.75) is 19.4 Å². The number of ether oxygens (including phenoxy) is 2. The third-order valence-electron chi connectivity index (χ3n) is 5.08. The summed E-state index contributed by atoms with van der Waals surface area (Å²) in [6, 6.07) is 13.1. The molecule has 1 amide bonds. The van der Waals surface area contributed by atoms with Gasteiger partial charge in [-0.1, -0.05) is 31.2 Å². The molecule has 1 aliphatic heterocycles. The Morgan fingerprint density at radius 2 is 1.94 bits per heavy atom. The summed E-state index contributed by atoms with van der Waals surface area (Å²) in [6.45, 7) is 2.61. The van der Waals surface area contributed by atoms with Crippen LogP contribution in [-0.4, -0.2) is 35.5 Å². The predicted octanol–water partition coefficient (Wildman–Crippen LogP) is 4.57. The zero-order valence-electron chi connectivity index (χ0n) is 17.6. The van der Waals surface area contributed by atoms with E-state index in [0.29, 0.717) is 34.4 Å². The topological polar surface area (TPSA) is 89.0 Å². The molecule has 1 saturated heterocycles. The average Bonchev–Trinajstić information content (AvgIpc) is 3.44. The highest BCUT2D eigenvalue weighted by Crippen LogP contribution is 2.43. The van der Waals surface area contributed by atoms with Crippen molar-refractivity contribution in [2.24, 2.45) is 0 Å². The minimum atomic E-state index is -0.826. The zero-order chi connectivity index (χ0) is 22.7. The van der Waals surface area contributed by atoms with E-state index in [2.05, 4.69) is 4.98 Å². The maximum atomic E-state index is 13.1. The van der Waals surface area contributed by atoms with Gasteiger partial charge >= 0.3 is 5.91 Å². The van der Waals surface area contributed by atoms with E-state index < -0.39 is 17.7 Å². The van der Waals surface area contributed by atoms with Crippen LogP contribution < -0.4 is 14.4 Å². The van der Waals surface area contributed by atoms with Crippen molar-refractivity contribution in [3.05, 3.63) is 76.8 Å². The summed E-state index contributed by atoms with van der Waals surface area (Å²) >= 11 is 1.25. The first-order chi connectivity index (χ1) is 15.5. The molecule has 0 saturated carbocycles. The zero-order valence-corrected chi connectivity index (χ0v) is 18.5. The number of Topliss-reactive ketones (excluding diaryl/α,β-unsaturated/α-hetero) is 1. The van der Waals surface area contributed by atoms with Gasteiger partial charge in [0.1, 0.15) is 17.3 Å². The second-order valence-corrected chi connectivity index (χ2v) is 8.01. The molecule has 1 aromatic heterocycles. The Labute approximate surface area is 189 Å². The van der Waals surface area contributed by atoms with Crippen LogP contribution in [0, 0.1) is 0 Å². The van der Waals surface area contributed by atoms with Crippen molar-refractivity contribution in [2.75, 3.05) is 18.6 Å². The number of hydrogen-bond donors (Lipinski definition) is 1. The van der Waals surface area contributed by atoms with Gasteiger partial charge in [-0.15, -0.1) is 11.3 Å². The molecule has 0 bridgehead atoms. The molecule has 32 heavy (non-hydrogen) atoms. The maximum Gasteiger partial charge on any atom is 0.301 e. The summed E-state index contributed by atoms with van der Waals surface area (Å²) in [5.74, 6) is -0.554. The van der Waals surface area contributed by atoms with E-state index >= 15 is 0 Å². The molecule has 2 heterocycles. The third-order valence-corrected chi connectivity index (χ3v) is 5.85. The third kappa shape index (κ3) is 3.97. The van der Waals surface area contributed by atoms with Gasteiger partial charge < -0.3 is 14.6 Å². The molecule has 0 spiro atoms. The number of amides is 1. The van der Waals surface area contributed by atoms with Crippen LogP contribution in [0.1, 0.15) is 30.5 Å². The number of ketones is 1. The lowest BCUT2D eigenvalue weighted by molar-refractivity contribution is -0.132. The first-order valence-corrected chi connectivity index (χ1v) is 11.0. The smallest absolute Gasteiger partial charge is 0.301 e. The lowest BCUT2D eigenvalue weighted by Crippen LogP contribution is -2.29. The molecule has 8 heteroatoms. The molecular weight excluding hydrogens is 428 g/mol. The Morgan fingerprint density at radius 1 is 1.16 bits per heavy atom. The van der Waals surface area contributed by atoms with Crippen molar-refractivity contribution in [1.29, 1.82) is 0 Å². The molecule has 0 radical (unpaired) electrons. The van der Waals surface area contributed by atoms with E-state index in [9.17, 15) is 14.7 Å². The van der Waals surface area contributed by atoms with Gasteiger partial charge in [0.05, 0.1) is 25.3 Å². The number of carbonyl (C=O) groups excluding carboxylic acids is 2. The highest BCUT2D eigenvalue weighted by Gasteiger charge is 2.48. The van der Waals surface area contributed by atoms with E-state index in [4.69, 9.17) is 9.47 Å². The highest BCUT2D eigenvalue weighted by molar-refractivity contribution is 7.14. The van der Waals surface area contributed by atoms with Crippen LogP contribution in [0.15, 0.2) is 65.7 Å². The van der Waals surface area contributed by atoms with Gasteiger partial charge in [0, 0.05) is 17.1 Å². The van der Waals surface area contributed by atoms with Crippen molar-refractivity contribution in [1.82, 2.24) is 4.98 Å². The minimum Gasteiger partial charge on any atom is -0.507 e. The van der Waals surface area contributed by atoms with Crippen LogP contribution in [-0.2, 0) is 9.59 Å². The Bertz CT molecular complexity index is 1160. The van der Waals surface area contributed by atoms with Crippen LogP contribution in [0.2, 0.25) is 0 Å². The maximum absolute atomic E-state index is 13.1. The van der Waals surface area contributed by atoms with E-state index in [-0.39, 0.29) is 11.3 Å². The van der Waals surface area contributed by atoms with Gasteiger partial charge in [-0.25, -0.2) is 4.98 Å². The SMILES string of the molecule is CCCOc1ccc(C2/C(=C(\O)c3cccc(OC)c3)C(=O)C(=O)N2c2nccs2)cc1. The average molecular weight is 451 g/mol. The first kappa shape index (κ1) is 21.6. The summed E-state index contributed by atoms with van der Waals surface area (Å²) in [7, 11) is 1.52. The van der Waals surface area contributed by atoms with Gasteiger partial charge in [-0.05, 0) is 36.2 Å². The number of nitrogens with zero attached hydrogens (tertiary/aromatic N) is 2. The monoisotopic (exact) mass is 450 g/mol. The number of benzene rings is 2. The van der Waals surface area contributed by atoms with Gasteiger partial charge in [0.25, 0.3) is 5.78 Å². The van der Waals surface area contributed by atoms with Crippen LogP contribution in [0.5, 0.6) is 11.5 Å². The number of carbonyl (C=O) groups is 2. The fourth-order valence-corrected chi connectivity index (χ4v) is 4.24. The predicted molar refractivity (Wildman–Crippen MR) is 122 cm³/mol. The molecule has 1 aliphatic rings. The van der Waals surface area contributed by atoms with Crippen molar-refractivity contribution in [3.8, 4) is 11.5 Å². The lowest BCUT2D eigenvalue weighted by Gasteiger charge is -2.23. The van der Waals surface area contributed by atoms with Gasteiger partial charge in [-0.3, -0.25) is 14.5 Å². The molecule has 2 aromatic carbocycles. The Hall–Kier alpha value is -3.65. The summed E-state index contributed by atoms with van der Waals surface area (Å²) in [6.07, 6.45) is 2.45. The molecule has 4 rings (SSSR count). The molecule has 7 nitrogen and oxygen atoms in total. The summed E-state index contributed by atoms with van der Waals surface area (Å²) < 4.78 is 10.9. The van der Waals surface area contributed by atoms with Crippen molar-refractivity contribution >= 4 is 33.9 Å². The fourth-order valence-electron chi connectivity index (χ4n) is 3.57. The Morgan fingerprint density at radius 3 is 2.59 bits per heavy atom. The Kier molecular flexibility index (Phi) is 6.23. The van der Waals surface area contributed by atoms with E-state index in [1.54, 1.807) is 60.1 Å². The number of aliphatic hydroxyl groups excluding tert-OH is 1. The molecular formula is C24H22N2O5S. The number of rotatable bonds is 7. The number of aromatic nitrogens is 1. The van der Waals surface area contributed by atoms with E-state index in [1.807, 2.05) is 6.92 Å². The van der Waals surface area contributed by atoms with E-state index in [1.165, 1.54) is 23.3 Å². The minimum absolute atomic E-state index is 0.000629. The lowest BCUT2D eigenvalue weighted by atomic mass is 9.95. The highest BCUT2D eigenvalue weighted by atomic mass is 32.1. The van der Waals surface area contributed by atoms with Crippen molar-refractivity contribution in [3.63, 3.8) is 0 Å². The molecule has 1 fully saturated rings. The largest absolute Gasteiger partial charge is 0.507 e. The first-order valence-electron chi connectivity index (χ1n) is 10.1. The number of hydrogen-bond acceptors (Lipinski definition) is 7. The van der Waals surface area contributed by atoms with Gasteiger partial charge in [-0.2, -0.15) is 0 Å². The standard InChI is InChI=1S/C24H22N2O5S/c1-3-12-31-17-9-7-15(8-10-17)20-19(21(27)16-5-4-6-18(14-16)30-2)22(28)23(29)26(20)24-25-11-13-32-24/h4-11,13-14,20,27H,3,12H2,1-2H3/b21-19+. The number of thiazole rings is 1. The molecule has 1 N–H and O–H groups in total. The van der Waals surface area contributed by atoms with E-state index in [0.717, 1.165) is 6.42 Å². The van der Waals surface area contributed by atoms with Crippen LogP contribution in [0.4, 0.5) is 5.13 Å². The quantitative estimate of drug-likeness (QED) is 0.322. The Balaban J connectivity index is 1.85. The molecule has 0 aliphatic carbocycles. The summed E-state index contributed by atoms with van der Waals surface area (Å²) in [4.78, 5) is 31.7. The van der Waals surface area contributed by atoms with Crippen LogP contribution in [0.25, 0.3) is 5.76 Å². The number of aliphatic hydroxyl groups is 1. The number of anilines is 1. The second-order valence-electron chi connectivity index (χ2n) is 7.13. The van der Waals surface area contributed by atoms with Crippen molar-refractivity contribution < 1.29 is 24.2 Å². The molecule has 1 atom stereocenters. The summed E-state index contributed by atoms with van der Waals surface area (Å²) in [5, 5.41) is 13.2. The normalized spacial score (nSPS) is 17.6. The van der Waals surface area contributed by atoms with Gasteiger partial charge in [0.2, 0.25) is 0 Å². The van der Waals surface area contributed by atoms with Crippen LogP contribution in [0.3, 0.4) is 0 Å². The second kappa shape index (κ2) is 9.23. The van der Waals surface area contributed by atoms with Crippen LogP contribution >= 0.6 is 11.3 Å². The summed E-state index contributed by atoms with van der Waals surface area (Å²) in [5.41, 5.74) is 1.04. The van der Waals surface area contributed by atoms with Gasteiger partial charge in [0.15, 0.2) is 5.13 Å². The molecule has 3 aromatic rings. The fraction of sp³-hybridized carbons (Fsp3) is 0.208. The molecule has 164 valence electrons. The number of methoxy groups -OCH3 is 1. The molecule has 1 unspecified atom stereocenters.